The SMILES string of the molecule is COC[C@@]12CN(C(=O)c3scc4c3CCCC4)C[C@@H]1C(C)(C)C2. The summed E-state index contributed by atoms with van der Waals surface area (Å²) in [5, 5.41) is 2.22. The van der Waals surface area contributed by atoms with Crippen molar-refractivity contribution in [2.45, 2.75) is 46.0 Å². The number of fused-ring (bicyclic) bond motifs is 2. The monoisotopic (exact) mass is 333 g/mol. The molecule has 1 aliphatic heterocycles. The van der Waals surface area contributed by atoms with Gasteiger partial charge in [0.15, 0.2) is 0 Å². The molecule has 3 aliphatic rings. The molecule has 1 amide bonds. The molecule has 0 N–H and O–H groups in total. The topological polar surface area (TPSA) is 29.5 Å². The Morgan fingerprint density at radius 1 is 1.39 bits per heavy atom. The third-order valence-electron chi connectivity index (χ3n) is 6.42. The lowest BCUT2D eigenvalue weighted by atomic mass is 9.48. The molecule has 2 aliphatic carbocycles. The summed E-state index contributed by atoms with van der Waals surface area (Å²) in [7, 11) is 1.79. The van der Waals surface area contributed by atoms with Crippen molar-refractivity contribution in [3.8, 4) is 0 Å². The molecule has 0 spiro atoms. The quantitative estimate of drug-likeness (QED) is 0.843. The van der Waals surface area contributed by atoms with Crippen molar-refractivity contribution in [1.29, 1.82) is 0 Å². The van der Waals surface area contributed by atoms with E-state index in [-0.39, 0.29) is 11.3 Å². The fourth-order valence-corrected chi connectivity index (χ4v) is 6.73. The average Bonchev–Trinajstić information content (AvgIpc) is 3.07. The molecule has 1 aromatic rings. The molecule has 2 heterocycles. The van der Waals surface area contributed by atoms with Crippen LogP contribution in [0.1, 0.15) is 53.9 Å². The van der Waals surface area contributed by atoms with Gasteiger partial charge < -0.3 is 9.64 Å². The van der Waals surface area contributed by atoms with Gasteiger partial charge >= 0.3 is 0 Å². The lowest BCUT2D eigenvalue weighted by Crippen LogP contribution is -2.55. The molecule has 126 valence electrons. The summed E-state index contributed by atoms with van der Waals surface area (Å²) in [6, 6.07) is 0. The van der Waals surface area contributed by atoms with E-state index in [0.29, 0.717) is 11.3 Å². The Morgan fingerprint density at radius 2 is 2.17 bits per heavy atom. The van der Waals surface area contributed by atoms with Crippen LogP contribution in [0.15, 0.2) is 5.38 Å². The van der Waals surface area contributed by atoms with Gasteiger partial charge in [0.25, 0.3) is 5.91 Å². The molecule has 3 nitrogen and oxygen atoms in total. The molecular formula is C19H27NO2S. The van der Waals surface area contributed by atoms with Crippen LogP contribution in [0.4, 0.5) is 0 Å². The van der Waals surface area contributed by atoms with E-state index in [9.17, 15) is 4.79 Å². The summed E-state index contributed by atoms with van der Waals surface area (Å²) in [4.78, 5) is 16.3. The van der Waals surface area contributed by atoms with Crippen LogP contribution in [0.3, 0.4) is 0 Å². The molecule has 0 radical (unpaired) electrons. The van der Waals surface area contributed by atoms with Crippen molar-refractivity contribution in [3.05, 3.63) is 21.4 Å². The maximum Gasteiger partial charge on any atom is 0.264 e. The normalized spacial score (nSPS) is 31.4. The maximum absolute atomic E-state index is 13.2. The number of rotatable bonds is 3. The van der Waals surface area contributed by atoms with E-state index < -0.39 is 0 Å². The van der Waals surface area contributed by atoms with Crippen molar-refractivity contribution in [1.82, 2.24) is 4.90 Å². The minimum atomic E-state index is 0.200. The number of hydrogen-bond acceptors (Lipinski definition) is 3. The van der Waals surface area contributed by atoms with Crippen LogP contribution in [0.2, 0.25) is 0 Å². The van der Waals surface area contributed by atoms with Crippen LogP contribution in [0, 0.1) is 16.7 Å². The first kappa shape index (κ1) is 15.6. The first-order valence-corrected chi connectivity index (χ1v) is 9.72. The summed E-state index contributed by atoms with van der Waals surface area (Å²) in [5.74, 6) is 0.855. The molecule has 2 atom stereocenters. The number of methoxy groups -OCH3 is 1. The zero-order valence-electron chi connectivity index (χ0n) is 14.5. The van der Waals surface area contributed by atoms with Gasteiger partial charge in [-0.05, 0) is 59.9 Å². The Hall–Kier alpha value is -0.870. The zero-order chi connectivity index (χ0) is 16.2. The number of carbonyl (C=O) groups is 1. The summed E-state index contributed by atoms with van der Waals surface area (Å²) in [6.07, 6.45) is 5.92. The van der Waals surface area contributed by atoms with E-state index in [1.54, 1.807) is 18.4 Å². The van der Waals surface area contributed by atoms with Crippen molar-refractivity contribution < 1.29 is 9.53 Å². The molecule has 1 saturated heterocycles. The molecule has 2 fully saturated rings. The van der Waals surface area contributed by atoms with Gasteiger partial charge in [-0.25, -0.2) is 0 Å². The largest absolute Gasteiger partial charge is 0.384 e. The van der Waals surface area contributed by atoms with Crippen LogP contribution in [-0.4, -0.2) is 37.6 Å². The number of hydrogen-bond donors (Lipinski definition) is 0. The molecule has 0 unspecified atom stereocenters. The average molecular weight is 333 g/mol. The Morgan fingerprint density at radius 3 is 2.91 bits per heavy atom. The van der Waals surface area contributed by atoms with Gasteiger partial charge in [0.05, 0.1) is 11.5 Å². The highest BCUT2D eigenvalue weighted by atomic mass is 32.1. The zero-order valence-corrected chi connectivity index (χ0v) is 15.3. The lowest BCUT2D eigenvalue weighted by molar-refractivity contribution is -0.107. The van der Waals surface area contributed by atoms with Crippen LogP contribution in [0.5, 0.6) is 0 Å². The summed E-state index contributed by atoms with van der Waals surface area (Å²) in [6.45, 7) is 7.24. The Balaban J connectivity index is 1.57. The Kier molecular flexibility index (Phi) is 3.62. The number of likely N-dealkylation sites (tertiary alicyclic amines) is 1. The van der Waals surface area contributed by atoms with Crippen LogP contribution in [-0.2, 0) is 17.6 Å². The van der Waals surface area contributed by atoms with E-state index in [2.05, 4.69) is 24.1 Å². The maximum atomic E-state index is 13.2. The lowest BCUT2D eigenvalue weighted by Gasteiger charge is -2.56. The smallest absolute Gasteiger partial charge is 0.264 e. The fraction of sp³-hybridized carbons (Fsp3) is 0.737. The summed E-state index contributed by atoms with van der Waals surface area (Å²) in [5.41, 5.74) is 3.32. The highest BCUT2D eigenvalue weighted by molar-refractivity contribution is 7.12. The minimum Gasteiger partial charge on any atom is -0.384 e. The van der Waals surface area contributed by atoms with Crippen LogP contribution in [0.25, 0.3) is 0 Å². The van der Waals surface area contributed by atoms with Crippen molar-refractivity contribution in [3.63, 3.8) is 0 Å². The Bertz CT molecular complexity index is 635. The molecule has 4 heteroatoms. The molecular weight excluding hydrogens is 306 g/mol. The van der Waals surface area contributed by atoms with Crippen molar-refractivity contribution in [2.24, 2.45) is 16.7 Å². The molecule has 23 heavy (non-hydrogen) atoms. The van der Waals surface area contributed by atoms with E-state index in [1.165, 1.54) is 30.4 Å². The van der Waals surface area contributed by atoms with Crippen molar-refractivity contribution >= 4 is 17.2 Å². The van der Waals surface area contributed by atoms with Gasteiger partial charge in [0, 0.05) is 25.6 Å². The first-order chi connectivity index (χ1) is 11.0. The molecule has 1 aromatic heterocycles. The minimum absolute atomic E-state index is 0.200. The van der Waals surface area contributed by atoms with Gasteiger partial charge in [0.1, 0.15) is 0 Å². The number of ether oxygens (including phenoxy) is 1. The van der Waals surface area contributed by atoms with Crippen LogP contribution >= 0.6 is 11.3 Å². The molecule has 4 rings (SSSR count). The van der Waals surface area contributed by atoms with E-state index in [0.717, 1.165) is 37.4 Å². The third-order valence-corrected chi connectivity index (χ3v) is 7.47. The van der Waals surface area contributed by atoms with Crippen LogP contribution < -0.4 is 0 Å². The second kappa shape index (κ2) is 5.32. The van der Waals surface area contributed by atoms with E-state index >= 15 is 0 Å². The first-order valence-electron chi connectivity index (χ1n) is 8.84. The van der Waals surface area contributed by atoms with Gasteiger partial charge in [-0.15, -0.1) is 11.3 Å². The number of amides is 1. The second-order valence-electron chi connectivity index (χ2n) is 8.47. The highest BCUT2D eigenvalue weighted by Gasteiger charge is 2.63. The molecule has 0 bridgehead atoms. The summed E-state index contributed by atoms with van der Waals surface area (Å²) < 4.78 is 5.52. The van der Waals surface area contributed by atoms with Crippen molar-refractivity contribution in [2.75, 3.05) is 26.8 Å². The van der Waals surface area contributed by atoms with Gasteiger partial charge in [0.2, 0.25) is 0 Å². The predicted octanol–water partition coefficient (Wildman–Crippen LogP) is 3.76. The predicted molar refractivity (Wildman–Crippen MR) is 93.1 cm³/mol. The number of aryl methyl sites for hydroxylation is 1. The fourth-order valence-electron chi connectivity index (χ4n) is 5.61. The summed E-state index contributed by atoms with van der Waals surface area (Å²) >= 11 is 1.67. The second-order valence-corrected chi connectivity index (χ2v) is 9.35. The van der Waals surface area contributed by atoms with E-state index in [4.69, 9.17) is 4.74 Å². The van der Waals surface area contributed by atoms with Gasteiger partial charge in [-0.1, -0.05) is 13.8 Å². The van der Waals surface area contributed by atoms with E-state index in [1.807, 2.05) is 0 Å². The number of carbonyl (C=O) groups excluding carboxylic acids is 1. The highest BCUT2D eigenvalue weighted by Crippen LogP contribution is 2.62. The molecule has 0 aromatic carbocycles. The number of thiophene rings is 1. The molecule has 1 saturated carbocycles. The number of nitrogens with zero attached hydrogens (tertiary/aromatic N) is 1. The standard InChI is InChI=1S/C19H27NO2S/c1-18(2)10-19(12-22-3)11-20(8-15(18)19)17(21)16-14-7-5-4-6-13(14)9-23-16/h9,15H,4-8,10-12H2,1-3H3/t15-,19-/m1/s1. The third kappa shape index (κ3) is 2.29. The van der Waals surface area contributed by atoms with Gasteiger partial charge in [-0.2, -0.15) is 0 Å². The van der Waals surface area contributed by atoms with Gasteiger partial charge in [-0.3, -0.25) is 4.79 Å². The Labute approximate surface area is 143 Å².